The van der Waals surface area contributed by atoms with Gasteiger partial charge in [-0.05, 0) is 37.3 Å². The van der Waals surface area contributed by atoms with E-state index in [0.29, 0.717) is 25.4 Å². The molecule has 0 aromatic carbocycles. The fourth-order valence-electron chi connectivity index (χ4n) is 2.94. The number of hydrogen-bond acceptors (Lipinski definition) is 5. The van der Waals surface area contributed by atoms with Crippen LogP contribution in [0, 0.1) is 5.92 Å². The van der Waals surface area contributed by atoms with Crippen molar-refractivity contribution < 1.29 is 9.53 Å². The highest BCUT2D eigenvalue weighted by Gasteiger charge is 2.25. The smallest absolute Gasteiger partial charge is 0.272 e. The highest BCUT2D eigenvalue weighted by molar-refractivity contribution is 5.92. The molecular formula is C17H21N5O2. The van der Waals surface area contributed by atoms with Gasteiger partial charge < -0.3 is 9.64 Å². The zero-order valence-electron chi connectivity index (χ0n) is 13.6. The minimum Gasteiger partial charge on any atom is -0.375 e. The zero-order valence-corrected chi connectivity index (χ0v) is 13.6. The molecule has 2 aliphatic rings. The summed E-state index contributed by atoms with van der Waals surface area (Å²) in [7, 11) is 0. The number of amides is 1. The van der Waals surface area contributed by atoms with Crippen molar-refractivity contribution in [3.8, 4) is 0 Å². The molecule has 1 amide bonds. The largest absolute Gasteiger partial charge is 0.375 e. The van der Waals surface area contributed by atoms with Gasteiger partial charge in [-0.2, -0.15) is 0 Å². The van der Waals surface area contributed by atoms with E-state index in [4.69, 9.17) is 4.74 Å². The Morgan fingerprint density at radius 1 is 1.29 bits per heavy atom. The topological polar surface area (TPSA) is 73.1 Å². The fourth-order valence-corrected chi connectivity index (χ4v) is 2.94. The summed E-state index contributed by atoms with van der Waals surface area (Å²) in [5, 5.41) is 8.49. The normalized spacial score (nSPS) is 17.4. The van der Waals surface area contributed by atoms with Crippen molar-refractivity contribution in [2.45, 2.75) is 39.0 Å². The fraction of sp³-hybridized carbons (Fsp3) is 0.529. The second-order valence-electron chi connectivity index (χ2n) is 6.46. The molecule has 1 aliphatic carbocycles. The number of aromatic nitrogens is 4. The molecule has 2 aromatic rings. The van der Waals surface area contributed by atoms with E-state index in [9.17, 15) is 4.79 Å². The molecule has 7 heteroatoms. The maximum atomic E-state index is 12.7. The maximum absolute atomic E-state index is 12.7. The number of carbonyl (C=O) groups excluding carboxylic acids is 1. The first-order valence-corrected chi connectivity index (χ1v) is 8.50. The summed E-state index contributed by atoms with van der Waals surface area (Å²) in [6, 6.07) is 5.40. The first-order chi connectivity index (χ1) is 11.8. The average Bonchev–Trinajstić information content (AvgIpc) is 3.40. The van der Waals surface area contributed by atoms with Crippen molar-refractivity contribution >= 4 is 5.91 Å². The molecule has 0 bridgehead atoms. The van der Waals surface area contributed by atoms with Crippen LogP contribution in [0.2, 0.25) is 0 Å². The number of hydrogen-bond donors (Lipinski definition) is 0. The number of pyridine rings is 1. The van der Waals surface area contributed by atoms with Crippen LogP contribution < -0.4 is 0 Å². The summed E-state index contributed by atoms with van der Waals surface area (Å²) in [5.74, 6) is 0.677. The summed E-state index contributed by atoms with van der Waals surface area (Å²) in [4.78, 5) is 18.7. The molecule has 1 aliphatic heterocycles. The Hall–Kier alpha value is -2.28. The first kappa shape index (κ1) is 15.3. The van der Waals surface area contributed by atoms with Gasteiger partial charge in [-0.3, -0.25) is 9.78 Å². The molecule has 0 saturated heterocycles. The van der Waals surface area contributed by atoms with Gasteiger partial charge in [0.1, 0.15) is 11.4 Å². The van der Waals surface area contributed by atoms with E-state index in [1.54, 1.807) is 12.3 Å². The van der Waals surface area contributed by atoms with Crippen LogP contribution in [0.1, 0.15) is 41.1 Å². The van der Waals surface area contributed by atoms with Crippen LogP contribution in [-0.2, 0) is 24.4 Å². The van der Waals surface area contributed by atoms with Crippen LogP contribution in [0.25, 0.3) is 0 Å². The first-order valence-electron chi connectivity index (χ1n) is 8.50. The third-order valence-corrected chi connectivity index (χ3v) is 4.52. The molecular weight excluding hydrogens is 306 g/mol. The van der Waals surface area contributed by atoms with Crippen LogP contribution >= 0.6 is 0 Å². The van der Waals surface area contributed by atoms with E-state index in [2.05, 4.69) is 15.3 Å². The van der Waals surface area contributed by atoms with Gasteiger partial charge in [0.25, 0.3) is 5.91 Å². The Balaban J connectivity index is 1.48. The third-order valence-electron chi connectivity index (χ3n) is 4.52. The van der Waals surface area contributed by atoms with E-state index in [-0.39, 0.29) is 5.91 Å². The van der Waals surface area contributed by atoms with Gasteiger partial charge in [0.15, 0.2) is 0 Å². The van der Waals surface area contributed by atoms with Crippen molar-refractivity contribution in [1.82, 2.24) is 24.9 Å². The van der Waals surface area contributed by atoms with E-state index in [1.807, 2.05) is 21.7 Å². The van der Waals surface area contributed by atoms with Crippen molar-refractivity contribution in [3.63, 3.8) is 0 Å². The lowest BCUT2D eigenvalue weighted by molar-refractivity contribution is 0.0735. The number of fused-ring (bicyclic) bond motifs is 1. The van der Waals surface area contributed by atoms with Crippen LogP contribution in [-0.4, -0.2) is 43.9 Å². The molecule has 24 heavy (non-hydrogen) atoms. The Morgan fingerprint density at radius 2 is 2.21 bits per heavy atom. The molecule has 1 saturated carbocycles. The van der Waals surface area contributed by atoms with Crippen molar-refractivity contribution in [2.24, 2.45) is 5.92 Å². The minimum atomic E-state index is -0.0462. The summed E-state index contributed by atoms with van der Waals surface area (Å²) in [6.07, 6.45) is 5.04. The lowest BCUT2D eigenvalue weighted by atomic mass is 10.2. The molecule has 0 radical (unpaired) electrons. The summed E-state index contributed by atoms with van der Waals surface area (Å²) in [5.41, 5.74) is 2.30. The summed E-state index contributed by atoms with van der Waals surface area (Å²) in [6.45, 7) is 3.24. The standard InChI is InChI=1S/C17H21N5O2/c23-17(14-4-1-2-7-18-14)21-8-3-9-22-16(10-21)15(19-20-22)12-24-11-13-5-6-13/h1-2,4,7,13H,3,5-6,8-12H2. The quantitative estimate of drug-likeness (QED) is 0.835. The van der Waals surface area contributed by atoms with Gasteiger partial charge in [-0.25, -0.2) is 4.68 Å². The van der Waals surface area contributed by atoms with E-state index >= 15 is 0 Å². The summed E-state index contributed by atoms with van der Waals surface area (Å²) < 4.78 is 7.66. The molecule has 0 N–H and O–H groups in total. The number of rotatable bonds is 5. The average molecular weight is 327 g/mol. The highest BCUT2D eigenvalue weighted by atomic mass is 16.5. The molecule has 4 rings (SSSR count). The van der Waals surface area contributed by atoms with E-state index in [1.165, 1.54) is 12.8 Å². The van der Waals surface area contributed by atoms with Gasteiger partial charge in [0, 0.05) is 25.9 Å². The predicted octanol–water partition coefficient (Wildman–Crippen LogP) is 1.65. The third kappa shape index (κ3) is 3.31. The zero-order chi connectivity index (χ0) is 16.4. The molecule has 126 valence electrons. The monoisotopic (exact) mass is 327 g/mol. The number of aryl methyl sites for hydroxylation is 1. The second-order valence-corrected chi connectivity index (χ2v) is 6.46. The molecule has 0 unspecified atom stereocenters. The van der Waals surface area contributed by atoms with Crippen LogP contribution in [0.5, 0.6) is 0 Å². The Labute approximate surface area is 140 Å². The molecule has 0 atom stereocenters. The van der Waals surface area contributed by atoms with Crippen LogP contribution in [0.4, 0.5) is 0 Å². The summed E-state index contributed by atoms with van der Waals surface area (Å²) >= 11 is 0. The molecule has 7 nitrogen and oxygen atoms in total. The Morgan fingerprint density at radius 3 is 3.00 bits per heavy atom. The highest BCUT2D eigenvalue weighted by Crippen LogP contribution is 2.29. The van der Waals surface area contributed by atoms with E-state index in [0.717, 1.165) is 36.9 Å². The lowest BCUT2D eigenvalue weighted by Gasteiger charge is -2.19. The maximum Gasteiger partial charge on any atom is 0.272 e. The van der Waals surface area contributed by atoms with Gasteiger partial charge in [-0.1, -0.05) is 11.3 Å². The van der Waals surface area contributed by atoms with Gasteiger partial charge in [0.2, 0.25) is 0 Å². The van der Waals surface area contributed by atoms with Crippen LogP contribution in [0.3, 0.4) is 0 Å². The van der Waals surface area contributed by atoms with E-state index < -0.39 is 0 Å². The minimum absolute atomic E-state index is 0.0462. The molecule has 0 spiro atoms. The molecule has 3 heterocycles. The lowest BCUT2D eigenvalue weighted by Crippen LogP contribution is -2.31. The van der Waals surface area contributed by atoms with Crippen molar-refractivity contribution in [3.05, 3.63) is 41.5 Å². The number of carbonyl (C=O) groups is 1. The Bertz CT molecular complexity index is 711. The van der Waals surface area contributed by atoms with Crippen molar-refractivity contribution in [1.29, 1.82) is 0 Å². The van der Waals surface area contributed by atoms with Gasteiger partial charge in [0.05, 0.1) is 18.8 Å². The van der Waals surface area contributed by atoms with Gasteiger partial charge >= 0.3 is 0 Å². The SMILES string of the molecule is O=C(c1ccccn1)N1CCCn2nnc(COCC3CC3)c2C1. The predicted molar refractivity (Wildman–Crippen MR) is 86.0 cm³/mol. The van der Waals surface area contributed by atoms with Crippen LogP contribution in [0.15, 0.2) is 24.4 Å². The molecule has 2 aromatic heterocycles. The number of ether oxygens (including phenoxy) is 1. The second kappa shape index (κ2) is 6.68. The molecule has 1 fully saturated rings. The van der Waals surface area contributed by atoms with Gasteiger partial charge in [-0.15, -0.1) is 5.10 Å². The Kier molecular flexibility index (Phi) is 4.25. The number of nitrogens with zero attached hydrogens (tertiary/aromatic N) is 5. The van der Waals surface area contributed by atoms with Crippen molar-refractivity contribution in [2.75, 3.05) is 13.2 Å².